The number of thioether (sulfide) groups is 1. The largest absolute Gasteiger partial charge is 0.508 e. The Kier molecular flexibility index (Phi) is 6.26. The molecule has 0 bridgehead atoms. The van der Waals surface area contributed by atoms with Gasteiger partial charge in [0, 0.05) is 4.47 Å². The van der Waals surface area contributed by atoms with Gasteiger partial charge in [0.15, 0.2) is 5.17 Å². The van der Waals surface area contributed by atoms with E-state index in [4.69, 9.17) is 4.99 Å². The smallest absolute Gasteiger partial charge is 0.271 e. The molecule has 0 radical (unpaired) electrons. The number of amides is 1. The van der Waals surface area contributed by atoms with Gasteiger partial charge >= 0.3 is 0 Å². The number of benzene rings is 3. The summed E-state index contributed by atoms with van der Waals surface area (Å²) in [6.45, 7) is 8.06. The predicted molar refractivity (Wildman–Crippen MR) is 138 cm³/mol. The van der Waals surface area contributed by atoms with E-state index < -0.39 is 0 Å². The number of phenolic OH excluding ortho intramolecular Hbond substituents is 1. The fourth-order valence-electron chi connectivity index (χ4n) is 3.45. The van der Waals surface area contributed by atoms with Gasteiger partial charge in [0.05, 0.1) is 16.3 Å². The first-order valence-electron chi connectivity index (χ1n) is 10.2. The van der Waals surface area contributed by atoms with Gasteiger partial charge in [-0.25, -0.2) is 4.99 Å². The molecule has 1 heterocycles. The van der Waals surface area contributed by atoms with E-state index in [1.807, 2.05) is 58.0 Å². The highest BCUT2D eigenvalue weighted by molar-refractivity contribution is 9.10. The number of aliphatic imine (C=N–C) groups is 1. The van der Waals surface area contributed by atoms with Crippen molar-refractivity contribution in [2.75, 3.05) is 4.90 Å². The molecule has 1 N–H and O–H groups in total. The molecule has 162 valence electrons. The molecule has 6 heteroatoms. The number of phenols is 1. The fraction of sp³-hybridized carbons (Fsp3) is 0.154. The summed E-state index contributed by atoms with van der Waals surface area (Å²) in [5.74, 6) is 0.00848. The van der Waals surface area contributed by atoms with E-state index in [9.17, 15) is 9.90 Å². The topological polar surface area (TPSA) is 52.9 Å². The van der Waals surface area contributed by atoms with Crippen LogP contribution < -0.4 is 4.90 Å². The number of nitrogens with zero attached hydrogens (tertiary/aromatic N) is 2. The van der Waals surface area contributed by atoms with Gasteiger partial charge in [-0.3, -0.25) is 9.69 Å². The van der Waals surface area contributed by atoms with Crippen molar-refractivity contribution in [1.29, 1.82) is 0 Å². The highest BCUT2D eigenvalue weighted by Gasteiger charge is 2.35. The van der Waals surface area contributed by atoms with Crippen LogP contribution in [0.1, 0.15) is 27.8 Å². The molecule has 1 saturated heterocycles. The number of halogens is 1. The second-order valence-corrected chi connectivity index (χ2v) is 9.79. The fourth-order valence-corrected chi connectivity index (χ4v) is 4.79. The number of amidine groups is 1. The number of rotatable bonds is 3. The molecular formula is C26H23BrN2O2S. The van der Waals surface area contributed by atoms with E-state index in [2.05, 4.69) is 22.0 Å². The summed E-state index contributed by atoms with van der Waals surface area (Å²) in [4.78, 5) is 20.7. The quantitative estimate of drug-likeness (QED) is 0.382. The molecule has 32 heavy (non-hydrogen) atoms. The monoisotopic (exact) mass is 506 g/mol. The van der Waals surface area contributed by atoms with Crippen LogP contribution in [0.2, 0.25) is 0 Å². The summed E-state index contributed by atoms with van der Waals surface area (Å²) < 4.78 is 0.800. The zero-order chi connectivity index (χ0) is 23.0. The van der Waals surface area contributed by atoms with Crippen LogP contribution in [0.25, 0.3) is 6.08 Å². The van der Waals surface area contributed by atoms with E-state index in [1.165, 1.54) is 11.8 Å². The highest BCUT2D eigenvalue weighted by Crippen LogP contribution is 2.40. The summed E-state index contributed by atoms with van der Waals surface area (Å²) in [5, 5.41) is 10.5. The lowest BCUT2D eigenvalue weighted by molar-refractivity contribution is -0.113. The number of hydrogen-bond donors (Lipinski definition) is 1. The van der Waals surface area contributed by atoms with Crippen molar-refractivity contribution < 1.29 is 9.90 Å². The van der Waals surface area contributed by atoms with E-state index in [-0.39, 0.29) is 11.7 Å². The minimum absolute atomic E-state index is 0.136. The standard InChI is InChI=1S/C26H23BrN2O2S/c1-15-5-7-17(3)22(11-15)28-26-29(23-12-16(2)6-8-18(23)4)25(31)24(32-26)14-19-13-20(30)9-10-21(19)27/h5-14,30H,1-4H3. The van der Waals surface area contributed by atoms with Crippen molar-refractivity contribution >= 4 is 56.2 Å². The molecule has 1 amide bonds. The summed E-state index contributed by atoms with van der Waals surface area (Å²) in [6.07, 6.45) is 1.79. The molecule has 3 aromatic rings. The maximum Gasteiger partial charge on any atom is 0.271 e. The number of anilines is 1. The average Bonchev–Trinajstić information content (AvgIpc) is 3.04. The van der Waals surface area contributed by atoms with Gasteiger partial charge in [-0.2, -0.15) is 0 Å². The van der Waals surface area contributed by atoms with Crippen LogP contribution in [0.4, 0.5) is 11.4 Å². The van der Waals surface area contributed by atoms with Crippen molar-refractivity contribution in [3.8, 4) is 5.75 Å². The molecule has 3 aromatic carbocycles. The highest BCUT2D eigenvalue weighted by atomic mass is 79.9. The van der Waals surface area contributed by atoms with Crippen LogP contribution in [-0.2, 0) is 4.79 Å². The summed E-state index contributed by atoms with van der Waals surface area (Å²) >= 11 is 4.85. The lowest BCUT2D eigenvalue weighted by Gasteiger charge is -2.19. The first-order chi connectivity index (χ1) is 15.2. The molecule has 0 saturated carbocycles. The molecule has 4 nitrogen and oxygen atoms in total. The predicted octanol–water partition coefficient (Wildman–Crippen LogP) is 7.20. The Labute approximate surface area is 200 Å². The van der Waals surface area contributed by atoms with Gasteiger partial charge in [0.2, 0.25) is 0 Å². The minimum Gasteiger partial charge on any atom is -0.508 e. The first kappa shape index (κ1) is 22.4. The maximum absolute atomic E-state index is 13.6. The van der Waals surface area contributed by atoms with Crippen LogP contribution in [0.5, 0.6) is 5.75 Å². The molecule has 0 aromatic heterocycles. The Morgan fingerprint density at radius 2 is 1.62 bits per heavy atom. The zero-order valence-electron chi connectivity index (χ0n) is 18.3. The maximum atomic E-state index is 13.6. The first-order valence-corrected chi connectivity index (χ1v) is 11.8. The van der Waals surface area contributed by atoms with E-state index in [0.29, 0.717) is 10.1 Å². The van der Waals surface area contributed by atoms with Gasteiger partial charge in [-0.1, -0.05) is 40.2 Å². The number of carbonyl (C=O) groups excluding carboxylic acids is 1. The minimum atomic E-state index is -0.136. The molecule has 1 fully saturated rings. The number of aryl methyl sites for hydroxylation is 4. The molecular weight excluding hydrogens is 484 g/mol. The van der Waals surface area contributed by atoms with Crippen LogP contribution in [0, 0.1) is 27.7 Å². The third kappa shape index (κ3) is 4.52. The number of aromatic hydroxyl groups is 1. The Morgan fingerprint density at radius 3 is 2.38 bits per heavy atom. The lowest BCUT2D eigenvalue weighted by atomic mass is 10.1. The van der Waals surface area contributed by atoms with E-state index in [1.54, 1.807) is 29.2 Å². The summed E-state index contributed by atoms with van der Waals surface area (Å²) in [6, 6.07) is 17.2. The van der Waals surface area contributed by atoms with Crippen LogP contribution >= 0.6 is 27.7 Å². The third-order valence-corrected chi connectivity index (χ3v) is 6.95. The van der Waals surface area contributed by atoms with Crippen molar-refractivity contribution in [2.45, 2.75) is 27.7 Å². The molecule has 0 atom stereocenters. The van der Waals surface area contributed by atoms with E-state index in [0.717, 1.165) is 43.7 Å². The molecule has 0 spiro atoms. The van der Waals surface area contributed by atoms with Crippen LogP contribution in [-0.4, -0.2) is 16.2 Å². The van der Waals surface area contributed by atoms with Crippen molar-refractivity contribution in [3.05, 3.63) is 91.8 Å². The Hall–Kier alpha value is -2.83. The van der Waals surface area contributed by atoms with Crippen molar-refractivity contribution in [1.82, 2.24) is 0 Å². The SMILES string of the molecule is Cc1ccc(C)c(N=C2SC(=Cc3cc(O)ccc3Br)C(=O)N2c2cc(C)ccc2C)c1. The van der Waals surface area contributed by atoms with Crippen molar-refractivity contribution in [2.24, 2.45) is 4.99 Å². The molecule has 0 unspecified atom stereocenters. The second-order valence-electron chi connectivity index (χ2n) is 7.93. The van der Waals surface area contributed by atoms with Gasteiger partial charge in [-0.05, 0) is 104 Å². The van der Waals surface area contributed by atoms with E-state index >= 15 is 0 Å². The molecule has 1 aliphatic rings. The zero-order valence-corrected chi connectivity index (χ0v) is 20.7. The number of carbonyl (C=O) groups is 1. The summed E-state index contributed by atoms with van der Waals surface area (Å²) in [5.41, 5.74) is 6.63. The lowest BCUT2D eigenvalue weighted by Crippen LogP contribution is -2.29. The van der Waals surface area contributed by atoms with Gasteiger partial charge in [-0.15, -0.1) is 0 Å². The Morgan fingerprint density at radius 1 is 0.938 bits per heavy atom. The Bertz CT molecular complexity index is 1300. The molecule has 4 rings (SSSR count). The molecule has 1 aliphatic heterocycles. The molecule has 0 aliphatic carbocycles. The van der Waals surface area contributed by atoms with Gasteiger partial charge in [0.25, 0.3) is 5.91 Å². The third-order valence-electron chi connectivity index (χ3n) is 5.26. The summed E-state index contributed by atoms with van der Waals surface area (Å²) in [7, 11) is 0. The second kappa shape index (κ2) is 8.96. The van der Waals surface area contributed by atoms with Crippen molar-refractivity contribution in [3.63, 3.8) is 0 Å². The van der Waals surface area contributed by atoms with Crippen LogP contribution in [0.3, 0.4) is 0 Å². The number of hydrogen-bond acceptors (Lipinski definition) is 4. The Balaban J connectivity index is 1.88. The average molecular weight is 507 g/mol. The normalized spacial score (nSPS) is 16.4. The van der Waals surface area contributed by atoms with Gasteiger partial charge in [0.1, 0.15) is 5.75 Å². The van der Waals surface area contributed by atoms with Gasteiger partial charge < -0.3 is 5.11 Å². The van der Waals surface area contributed by atoms with Crippen LogP contribution in [0.15, 0.2) is 69.0 Å².